The van der Waals surface area contributed by atoms with Crippen LogP contribution in [0.1, 0.15) is 11.4 Å². The Labute approximate surface area is 100 Å². The Morgan fingerprint density at radius 3 is 2.82 bits per heavy atom. The van der Waals surface area contributed by atoms with Gasteiger partial charge in [-0.2, -0.15) is 0 Å². The Balaban J connectivity index is 2.04. The van der Waals surface area contributed by atoms with Gasteiger partial charge < -0.3 is 9.13 Å². The Hall–Kier alpha value is -2.03. The topological polar surface area (TPSA) is 22.8 Å². The van der Waals surface area contributed by atoms with Crippen molar-refractivity contribution in [2.24, 2.45) is 7.05 Å². The van der Waals surface area contributed by atoms with Crippen LogP contribution >= 0.6 is 0 Å². The first-order chi connectivity index (χ1) is 8.24. The number of aromatic nitrogens is 3. The van der Waals surface area contributed by atoms with E-state index >= 15 is 0 Å². The predicted molar refractivity (Wildman–Crippen MR) is 69.0 cm³/mol. The van der Waals surface area contributed by atoms with Crippen LogP contribution in [0, 0.1) is 6.92 Å². The molecular weight excluding hydrogens is 210 g/mol. The van der Waals surface area contributed by atoms with Crippen molar-refractivity contribution >= 4 is 10.9 Å². The Morgan fingerprint density at radius 1 is 1.18 bits per heavy atom. The molecule has 2 heterocycles. The van der Waals surface area contributed by atoms with E-state index in [2.05, 4.69) is 51.5 Å². The van der Waals surface area contributed by atoms with Crippen molar-refractivity contribution in [2.75, 3.05) is 0 Å². The normalized spacial score (nSPS) is 11.2. The van der Waals surface area contributed by atoms with Gasteiger partial charge >= 0.3 is 0 Å². The molecule has 3 heteroatoms. The summed E-state index contributed by atoms with van der Waals surface area (Å²) in [5.41, 5.74) is 2.56. The second kappa shape index (κ2) is 3.77. The molecule has 0 fully saturated rings. The van der Waals surface area contributed by atoms with Crippen LogP contribution in [0.4, 0.5) is 0 Å². The van der Waals surface area contributed by atoms with Crippen LogP contribution in [-0.4, -0.2) is 14.1 Å². The summed E-state index contributed by atoms with van der Waals surface area (Å²) in [4.78, 5) is 4.36. The molecule has 0 bridgehead atoms. The molecule has 0 spiro atoms. The second-order valence-corrected chi connectivity index (χ2v) is 4.46. The third-order valence-corrected chi connectivity index (χ3v) is 3.16. The highest BCUT2D eigenvalue weighted by Gasteiger charge is 2.04. The van der Waals surface area contributed by atoms with Crippen molar-refractivity contribution in [1.82, 2.24) is 14.1 Å². The molecule has 3 nitrogen and oxygen atoms in total. The molecule has 2 aromatic heterocycles. The van der Waals surface area contributed by atoms with Crippen molar-refractivity contribution < 1.29 is 0 Å². The molecule has 1 aromatic carbocycles. The summed E-state index contributed by atoms with van der Waals surface area (Å²) < 4.78 is 4.29. The highest BCUT2D eigenvalue weighted by molar-refractivity contribution is 5.80. The zero-order valence-corrected chi connectivity index (χ0v) is 10.1. The third kappa shape index (κ3) is 1.73. The fraction of sp³-hybridized carbons (Fsp3) is 0.214. The van der Waals surface area contributed by atoms with Gasteiger partial charge in [-0.25, -0.2) is 4.98 Å². The molecule has 0 N–H and O–H groups in total. The Morgan fingerprint density at radius 2 is 2.06 bits per heavy atom. The zero-order chi connectivity index (χ0) is 11.8. The summed E-state index contributed by atoms with van der Waals surface area (Å²) in [6.45, 7) is 2.94. The van der Waals surface area contributed by atoms with Crippen molar-refractivity contribution in [1.29, 1.82) is 0 Å². The van der Waals surface area contributed by atoms with E-state index in [1.54, 1.807) is 0 Å². The van der Waals surface area contributed by atoms with E-state index in [-0.39, 0.29) is 0 Å². The lowest BCUT2D eigenvalue weighted by Crippen LogP contribution is -2.04. The van der Waals surface area contributed by atoms with E-state index in [1.165, 1.54) is 16.5 Å². The van der Waals surface area contributed by atoms with Crippen molar-refractivity contribution in [3.63, 3.8) is 0 Å². The molecule has 0 amide bonds. The maximum absolute atomic E-state index is 4.36. The highest BCUT2D eigenvalue weighted by Crippen LogP contribution is 2.18. The molecule has 0 aliphatic carbocycles. The summed E-state index contributed by atoms with van der Waals surface area (Å²) in [7, 11) is 2.03. The number of aryl methyl sites for hydroxylation is 2. The highest BCUT2D eigenvalue weighted by atomic mass is 15.1. The van der Waals surface area contributed by atoms with E-state index in [9.17, 15) is 0 Å². The number of benzene rings is 1. The molecule has 0 radical (unpaired) electrons. The van der Waals surface area contributed by atoms with E-state index < -0.39 is 0 Å². The summed E-state index contributed by atoms with van der Waals surface area (Å²) >= 11 is 0. The standard InChI is InChI=1S/C14H15N3/c1-11-3-4-13-12(9-11)5-7-17(13)10-14-15-6-8-16(14)2/h3-9H,10H2,1-2H3. The zero-order valence-electron chi connectivity index (χ0n) is 10.1. The minimum atomic E-state index is 0.816. The van der Waals surface area contributed by atoms with Crippen molar-refractivity contribution in [2.45, 2.75) is 13.5 Å². The minimum absolute atomic E-state index is 0.816. The van der Waals surface area contributed by atoms with Crippen LogP contribution in [-0.2, 0) is 13.6 Å². The van der Waals surface area contributed by atoms with Crippen LogP contribution in [0.5, 0.6) is 0 Å². The summed E-state index contributed by atoms with van der Waals surface area (Å²) in [6.07, 6.45) is 5.94. The monoisotopic (exact) mass is 225 g/mol. The molecule has 3 rings (SSSR count). The van der Waals surface area contributed by atoms with Crippen LogP contribution in [0.3, 0.4) is 0 Å². The molecule has 17 heavy (non-hydrogen) atoms. The molecule has 86 valence electrons. The predicted octanol–water partition coefficient (Wildman–Crippen LogP) is 2.73. The number of nitrogens with zero attached hydrogens (tertiary/aromatic N) is 3. The largest absolute Gasteiger partial charge is 0.340 e. The summed E-state index contributed by atoms with van der Waals surface area (Å²) in [6, 6.07) is 8.69. The maximum atomic E-state index is 4.36. The average Bonchev–Trinajstić information content (AvgIpc) is 2.87. The average molecular weight is 225 g/mol. The van der Waals surface area contributed by atoms with Gasteiger partial charge in [-0.3, -0.25) is 0 Å². The number of hydrogen-bond acceptors (Lipinski definition) is 1. The second-order valence-electron chi connectivity index (χ2n) is 4.46. The van der Waals surface area contributed by atoms with Gasteiger partial charge in [-0.15, -0.1) is 0 Å². The quantitative estimate of drug-likeness (QED) is 0.657. The van der Waals surface area contributed by atoms with Crippen LogP contribution in [0.2, 0.25) is 0 Å². The minimum Gasteiger partial charge on any atom is -0.340 e. The van der Waals surface area contributed by atoms with Gasteiger partial charge in [0.2, 0.25) is 0 Å². The van der Waals surface area contributed by atoms with Gasteiger partial charge in [0.15, 0.2) is 0 Å². The van der Waals surface area contributed by atoms with Gasteiger partial charge in [0.05, 0.1) is 6.54 Å². The van der Waals surface area contributed by atoms with E-state index in [0.717, 1.165) is 12.4 Å². The molecular formula is C14H15N3. The van der Waals surface area contributed by atoms with E-state index in [4.69, 9.17) is 0 Å². The fourth-order valence-corrected chi connectivity index (χ4v) is 2.16. The summed E-state index contributed by atoms with van der Waals surface area (Å²) in [5, 5.41) is 1.29. The van der Waals surface area contributed by atoms with Gasteiger partial charge in [0, 0.05) is 31.2 Å². The molecule has 3 aromatic rings. The van der Waals surface area contributed by atoms with Gasteiger partial charge in [0.1, 0.15) is 5.82 Å². The first kappa shape index (κ1) is 10.1. The molecule has 0 aliphatic heterocycles. The van der Waals surface area contributed by atoms with Crippen LogP contribution in [0.15, 0.2) is 42.9 Å². The number of imidazole rings is 1. The Kier molecular flexibility index (Phi) is 2.25. The lowest BCUT2D eigenvalue weighted by atomic mass is 10.2. The molecule has 0 aliphatic rings. The number of fused-ring (bicyclic) bond motifs is 1. The SMILES string of the molecule is Cc1ccc2c(ccn2Cc2nccn2C)c1. The molecule has 0 unspecified atom stereocenters. The molecule has 0 atom stereocenters. The fourth-order valence-electron chi connectivity index (χ4n) is 2.16. The summed E-state index contributed by atoms with van der Waals surface area (Å²) in [5.74, 6) is 1.07. The maximum Gasteiger partial charge on any atom is 0.128 e. The molecule has 0 saturated heterocycles. The van der Waals surface area contributed by atoms with Gasteiger partial charge in [-0.05, 0) is 30.5 Å². The lowest BCUT2D eigenvalue weighted by Gasteiger charge is -2.05. The van der Waals surface area contributed by atoms with Crippen LogP contribution in [0.25, 0.3) is 10.9 Å². The smallest absolute Gasteiger partial charge is 0.128 e. The van der Waals surface area contributed by atoms with Gasteiger partial charge in [0.25, 0.3) is 0 Å². The molecule has 0 saturated carbocycles. The first-order valence-corrected chi connectivity index (χ1v) is 5.76. The number of rotatable bonds is 2. The van der Waals surface area contributed by atoms with Crippen molar-refractivity contribution in [3.8, 4) is 0 Å². The van der Waals surface area contributed by atoms with Crippen LogP contribution < -0.4 is 0 Å². The number of hydrogen-bond donors (Lipinski definition) is 0. The Bertz CT molecular complexity index is 661. The van der Waals surface area contributed by atoms with E-state index in [0.29, 0.717) is 0 Å². The van der Waals surface area contributed by atoms with Gasteiger partial charge in [-0.1, -0.05) is 11.6 Å². The van der Waals surface area contributed by atoms with E-state index in [1.807, 2.05) is 19.4 Å². The third-order valence-electron chi connectivity index (χ3n) is 3.16. The van der Waals surface area contributed by atoms with Crippen molar-refractivity contribution in [3.05, 3.63) is 54.2 Å². The lowest BCUT2D eigenvalue weighted by molar-refractivity contribution is 0.718. The first-order valence-electron chi connectivity index (χ1n) is 5.76.